The standard InChI is InChI=1S/C26H23ClN4O2S/c1-18(32)20-11-13-21(14-12-20)28-24(33)15-16-34-26-30-29-25(22-9-5-6-10-23(22)27)31(26)17-19-7-3-2-4-8-19/h2-14H,15-17H2,1H3,(H,28,33). The van der Waals surface area contributed by atoms with Gasteiger partial charge in [-0.1, -0.05) is 65.8 Å². The molecule has 172 valence electrons. The molecule has 0 unspecified atom stereocenters. The van der Waals surface area contributed by atoms with Crippen molar-refractivity contribution >= 4 is 40.7 Å². The molecule has 1 heterocycles. The van der Waals surface area contributed by atoms with Crippen molar-refractivity contribution in [3.8, 4) is 11.4 Å². The van der Waals surface area contributed by atoms with Crippen molar-refractivity contribution in [3.63, 3.8) is 0 Å². The van der Waals surface area contributed by atoms with Gasteiger partial charge in [-0.2, -0.15) is 0 Å². The van der Waals surface area contributed by atoms with Crippen LogP contribution in [0.5, 0.6) is 0 Å². The fraction of sp³-hybridized carbons (Fsp3) is 0.154. The Labute approximate surface area is 207 Å². The van der Waals surface area contributed by atoms with Gasteiger partial charge in [-0.25, -0.2) is 0 Å². The fourth-order valence-electron chi connectivity index (χ4n) is 3.39. The number of nitrogens with one attached hydrogen (secondary N) is 1. The average Bonchev–Trinajstić information content (AvgIpc) is 3.22. The van der Waals surface area contributed by atoms with Crippen molar-refractivity contribution in [1.29, 1.82) is 0 Å². The zero-order valence-electron chi connectivity index (χ0n) is 18.6. The molecule has 0 radical (unpaired) electrons. The number of thioether (sulfide) groups is 1. The van der Waals surface area contributed by atoms with Crippen LogP contribution >= 0.6 is 23.4 Å². The van der Waals surface area contributed by atoms with Crippen molar-refractivity contribution in [2.75, 3.05) is 11.1 Å². The summed E-state index contributed by atoms with van der Waals surface area (Å²) >= 11 is 7.91. The molecule has 8 heteroatoms. The topological polar surface area (TPSA) is 76.9 Å². The molecule has 0 bridgehead atoms. The van der Waals surface area contributed by atoms with Crippen molar-refractivity contribution in [2.24, 2.45) is 0 Å². The molecule has 0 spiro atoms. The van der Waals surface area contributed by atoms with Crippen LogP contribution in [0.4, 0.5) is 5.69 Å². The third-order valence-corrected chi connectivity index (χ3v) is 6.45. The van der Waals surface area contributed by atoms with Crippen LogP contribution in [-0.2, 0) is 11.3 Å². The van der Waals surface area contributed by atoms with Gasteiger partial charge in [0.1, 0.15) is 0 Å². The molecular weight excluding hydrogens is 468 g/mol. The fourth-order valence-corrected chi connectivity index (χ4v) is 4.49. The molecule has 0 atom stereocenters. The van der Waals surface area contributed by atoms with Gasteiger partial charge in [-0.05, 0) is 48.9 Å². The number of rotatable bonds is 9. The van der Waals surface area contributed by atoms with Crippen LogP contribution in [0.2, 0.25) is 5.02 Å². The number of hydrogen-bond donors (Lipinski definition) is 1. The van der Waals surface area contributed by atoms with E-state index in [1.54, 1.807) is 24.3 Å². The monoisotopic (exact) mass is 490 g/mol. The number of halogens is 1. The number of carbonyl (C=O) groups excluding carboxylic acids is 2. The smallest absolute Gasteiger partial charge is 0.225 e. The third kappa shape index (κ3) is 5.92. The minimum Gasteiger partial charge on any atom is -0.326 e. The molecule has 4 aromatic rings. The normalized spacial score (nSPS) is 10.8. The number of ketones is 1. The Morgan fingerprint density at radius 2 is 1.65 bits per heavy atom. The molecule has 0 saturated heterocycles. The van der Waals surface area contributed by atoms with Crippen LogP contribution in [0.3, 0.4) is 0 Å². The maximum Gasteiger partial charge on any atom is 0.225 e. The third-order valence-electron chi connectivity index (χ3n) is 5.15. The van der Waals surface area contributed by atoms with E-state index in [0.717, 1.165) is 16.3 Å². The average molecular weight is 491 g/mol. The summed E-state index contributed by atoms with van der Waals surface area (Å²) in [7, 11) is 0. The van der Waals surface area contributed by atoms with E-state index in [0.29, 0.717) is 40.8 Å². The molecule has 0 aliphatic carbocycles. The SMILES string of the molecule is CC(=O)c1ccc(NC(=O)CCSc2nnc(-c3ccccc3Cl)n2Cc2ccccc2)cc1. The van der Waals surface area contributed by atoms with Crippen molar-refractivity contribution in [2.45, 2.75) is 25.0 Å². The molecule has 6 nitrogen and oxygen atoms in total. The Morgan fingerprint density at radius 3 is 2.35 bits per heavy atom. The highest BCUT2D eigenvalue weighted by Gasteiger charge is 2.17. The Hall–Kier alpha value is -3.42. The summed E-state index contributed by atoms with van der Waals surface area (Å²) in [6.45, 7) is 2.10. The number of anilines is 1. The van der Waals surface area contributed by atoms with E-state index in [9.17, 15) is 9.59 Å². The largest absolute Gasteiger partial charge is 0.326 e. The summed E-state index contributed by atoms with van der Waals surface area (Å²) in [5, 5.41) is 13.0. The number of Topliss-reactive ketones (excluding diaryl/α,β-unsaturated/α-hetero) is 1. The molecular formula is C26H23ClN4O2S. The zero-order chi connectivity index (χ0) is 23.9. The van der Waals surface area contributed by atoms with Crippen LogP contribution < -0.4 is 5.32 Å². The van der Waals surface area contributed by atoms with Crippen LogP contribution in [0, 0.1) is 0 Å². The van der Waals surface area contributed by atoms with Gasteiger partial charge >= 0.3 is 0 Å². The second-order valence-electron chi connectivity index (χ2n) is 7.64. The first-order valence-electron chi connectivity index (χ1n) is 10.8. The molecule has 1 aromatic heterocycles. The lowest BCUT2D eigenvalue weighted by molar-refractivity contribution is -0.115. The minimum atomic E-state index is -0.108. The van der Waals surface area contributed by atoms with Gasteiger partial charge in [0.2, 0.25) is 5.91 Å². The second-order valence-corrected chi connectivity index (χ2v) is 9.11. The van der Waals surface area contributed by atoms with E-state index in [1.165, 1.54) is 18.7 Å². The highest BCUT2D eigenvalue weighted by atomic mass is 35.5. The van der Waals surface area contributed by atoms with E-state index in [-0.39, 0.29) is 11.7 Å². The number of carbonyl (C=O) groups is 2. The van der Waals surface area contributed by atoms with E-state index >= 15 is 0 Å². The van der Waals surface area contributed by atoms with Gasteiger partial charge < -0.3 is 5.32 Å². The molecule has 0 saturated carbocycles. The van der Waals surface area contributed by atoms with E-state index in [2.05, 4.69) is 27.6 Å². The van der Waals surface area contributed by atoms with Gasteiger partial charge in [0.25, 0.3) is 0 Å². The number of benzene rings is 3. The van der Waals surface area contributed by atoms with Crippen LogP contribution in [-0.4, -0.2) is 32.2 Å². The van der Waals surface area contributed by atoms with Gasteiger partial charge in [0.05, 0.1) is 11.6 Å². The van der Waals surface area contributed by atoms with E-state index in [4.69, 9.17) is 11.6 Å². The molecule has 0 fully saturated rings. The predicted octanol–water partition coefficient (Wildman–Crippen LogP) is 5.97. The number of amides is 1. The quantitative estimate of drug-likeness (QED) is 0.231. The first kappa shape index (κ1) is 23.7. The van der Waals surface area contributed by atoms with Gasteiger partial charge in [0.15, 0.2) is 16.8 Å². The lowest BCUT2D eigenvalue weighted by atomic mass is 10.1. The highest BCUT2D eigenvalue weighted by Crippen LogP contribution is 2.30. The van der Waals surface area contributed by atoms with E-state index in [1.807, 2.05) is 47.0 Å². The molecule has 34 heavy (non-hydrogen) atoms. The summed E-state index contributed by atoms with van der Waals surface area (Å²) in [6.07, 6.45) is 0.304. The molecule has 4 rings (SSSR count). The zero-order valence-corrected chi connectivity index (χ0v) is 20.1. The lowest BCUT2D eigenvalue weighted by Crippen LogP contribution is -2.12. The Balaban J connectivity index is 1.45. The van der Waals surface area contributed by atoms with Gasteiger partial charge in [-0.3, -0.25) is 14.2 Å². The van der Waals surface area contributed by atoms with Crippen LogP contribution in [0.25, 0.3) is 11.4 Å². The van der Waals surface area contributed by atoms with Gasteiger partial charge in [-0.15, -0.1) is 10.2 Å². The molecule has 1 amide bonds. The first-order chi connectivity index (χ1) is 16.5. The summed E-state index contributed by atoms with van der Waals surface area (Å²) in [6, 6.07) is 24.5. The summed E-state index contributed by atoms with van der Waals surface area (Å²) < 4.78 is 2.03. The Morgan fingerprint density at radius 1 is 0.941 bits per heavy atom. The lowest BCUT2D eigenvalue weighted by Gasteiger charge is -2.11. The Bertz CT molecular complexity index is 1290. The number of nitrogens with zero attached hydrogens (tertiary/aromatic N) is 3. The summed E-state index contributed by atoms with van der Waals surface area (Å²) in [5.74, 6) is 1.10. The molecule has 1 N–H and O–H groups in total. The number of aromatic nitrogens is 3. The predicted molar refractivity (Wildman–Crippen MR) is 136 cm³/mol. The second kappa shape index (κ2) is 11.1. The van der Waals surface area contributed by atoms with Crippen molar-refractivity contribution in [1.82, 2.24) is 14.8 Å². The number of hydrogen-bond acceptors (Lipinski definition) is 5. The summed E-state index contributed by atoms with van der Waals surface area (Å²) in [5.41, 5.74) is 3.20. The highest BCUT2D eigenvalue weighted by molar-refractivity contribution is 7.99. The van der Waals surface area contributed by atoms with Crippen molar-refractivity contribution in [3.05, 3.63) is 95.0 Å². The van der Waals surface area contributed by atoms with Gasteiger partial charge in [0, 0.05) is 29.0 Å². The molecule has 0 aliphatic rings. The maximum absolute atomic E-state index is 12.4. The van der Waals surface area contributed by atoms with Crippen LogP contribution in [0.15, 0.2) is 84.0 Å². The molecule has 3 aromatic carbocycles. The maximum atomic E-state index is 12.4. The molecule has 0 aliphatic heterocycles. The van der Waals surface area contributed by atoms with Crippen molar-refractivity contribution < 1.29 is 9.59 Å². The van der Waals surface area contributed by atoms with Crippen LogP contribution in [0.1, 0.15) is 29.3 Å². The summed E-state index contributed by atoms with van der Waals surface area (Å²) in [4.78, 5) is 23.8. The first-order valence-corrected chi connectivity index (χ1v) is 12.1. The minimum absolute atomic E-state index is 0.00921. The van der Waals surface area contributed by atoms with E-state index < -0.39 is 0 Å². The Kier molecular flexibility index (Phi) is 7.77.